The van der Waals surface area contributed by atoms with Gasteiger partial charge >= 0.3 is 5.97 Å². The molecule has 0 atom stereocenters. The number of esters is 1. The second kappa shape index (κ2) is 9.39. The fourth-order valence-electron chi connectivity index (χ4n) is 2.12. The molecule has 0 aliphatic carbocycles. The summed E-state index contributed by atoms with van der Waals surface area (Å²) in [5.74, 6) is -0.243. The van der Waals surface area contributed by atoms with Gasteiger partial charge in [0.15, 0.2) is 0 Å². The fourth-order valence-corrected chi connectivity index (χ4v) is 2.12. The van der Waals surface area contributed by atoms with Gasteiger partial charge in [-0.2, -0.15) is 0 Å². The number of nitrogens with zero attached hydrogens (tertiary/aromatic N) is 1. The van der Waals surface area contributed by atoms with Gasteiger partial charge in [-0.15, -0.1) is 0 Å². The normalized spacial score (nSPS) is 10.2. The number of carbonyl (C=O) groups is 2. The second-order valence-electron chi connectivity index (χ2n) is 5.07. The van der Waals surface area contributed by atoms with E-state index >= 15 is 0 Å². The van der Waals surface area contributed by atoms with E-state index in [0.717, 1.165) is 0 Å². The van der Waals surface area contributed by atoms with E-state index in [0.29, 0.717) is 35.8 Å². The summed E-state index contributed by atoms with van der Waals surface area (Å²) in [5.41, 5.74) is 1.13. The molecule has 1 aromatic heterocycles. The van der Waals surface area contributed by atoms with E-state index in [2.05, 4.69) is 15.6 Å². The van der Waals surface area contributed by atoms with E-state index in [1.165, 1.54) is 0 Å². The molecule has 0 spiro atoms. The van der Waals surface area contributed by atoms with Gasteiger partial charge in [-0.3, -0.25) is 4.79 Å². The highest BCUT2D eigenvalue weighted by Crippen LogP contribution is 2.18. The van der Waals surface area contributed by atoms with Crippen LogP contribution in [0.25, 0.3) is 0 Å². The van der Waals surface area contributed by atoms with E-state index < -0.39 is 5.97 Å². The highest BCUT2D eigenvalue weighted by molar-refractivity contribution is 6.08. The predicted molar refractivity (Wildman–Crippen MR) is 95.0 cm³/mol. The maximum absolute atomic E-state index is 12.5. The van der Waals surface area contributed by atoms with Gasteiger partial charge in [0.25, 0.3) is 5.91 Å². The maximum atomic E-state index is 12.5. The molecule has 2 N–H and O–H groups in total. The molecule has 0 bridgehead atoms. The zero-order valence-electron chi connectivity index (χ0n) is 14.2. The number of nitrogens with one attached hydrogen (secondary N) is 2. The Bertz CT molecular complexity index is 734. The SMILES string of the molecule is CCOC(=O)c1ccccc1NC(=O)c1ccnc(NCCOC)c1. The first-order valence-corrected chi connectivity index (χ1v) is 7.92. The van der Waals surface area contributed by atoms with Crippen LogP contribution in [0.2, 0.25) is 0 Å². The highest BCUT2D eigenvalue weighted by atomic mass is 16.5. The van der Waals surface area contributed by atoms with Crippen LogP contribution in [0.3, 0.4) is 0 Å². The van der Waals surface area contributed by atoms with Crippen molar-refractivity contribution in [3.8, 4) is 0 Å². The number of methoxy groups -OCH3 is 1. The van der Waals surface area contributed by atoms with Gasteiger partial charge < -0.3 is 20.1 Å². The quantitative estimate of drug-likeness (QED) is 0.566. The van der Waals surface area contributed by atoms with Crippen molar-refractivity contribution in [2.45, 2.75) is 6.92 Å². The number of carbonyl (C=O) groups excluding carboxylic acids is 2. The van der Waals surface area contributed by atoms with Gasteiger partial charge in [-0.1, -0.05) is 12.1 Å². The molecule has 0 radical (unpaired) electrons. The topological polar surface area (TPSA) is 89.5 Å². The first-order chi connectivity index (χ1) is 12.2. The lowest BCUT2D eigenvalue weighted by Gasteiger charge is -2.11. The molecule has 0 fully saturated rings. The number of anilines is 2. The summed E-state index contributed by atoms with van der Waals surface area (Å²) >= 11 is 0. The van der Waals surface area contributed by atoms with E-state index in [4.69, 9.17) is 9.47 Å². The number of pyridine rings is 1. The molecule has 2 aromatic rings. The minimum atomic E-state index is -0.477. The number of benzene rings is 1. The van der Waals surface area contributed by atoms with Crippen LogP contribution in [0.5, 0.6) is 0 Å². The van der Waals surface area contributed by atoms with Crippen LogP contribution in [-0.2, 0) is 9.47 Å². The summed E-state index contributed by atoms with van der Waals surface area (Å²) < 4.78 is 9.97. The third-order valence-electron chi connectivity index (χ3n) is 3.31. The summed E-state index contributed by atoms with van der Waals surface area (Å²) in [6, 6.07) is 9.96. The Morgan fingerprint density at radius 3 is 2.76 bits per heavy atom. The average Bonchev–Trinajstić information content (AvgIpc) is 2.63. The van der Waals surface area contributed by atoms with E-state index in [9.17, 15) is 9.59 Å². The van der Waals surface area contributed by atoms with Crippen LogP contribution in [-0.4, -0.2) is 43.7 Å². The summed E-state index contributed by atoms with van der Waals surface area (Å²) in [6.45, 7) is 3.11. The number of amides is 1. The minimum absolute atomic E-state index is 0.266. The van der Waals surface area contributed by atoms with Crippen molar-refractivity contribution in [2.24, 2.45) is 0 Å². The maximum Gasteiger partial charge on any atom is 0.340 e. The predicted octanol–water partition coefficient (Wildman–Crippen LogP) is 2.57. The van der Waals surface area contributed by atoms with Crippen molar-refractivity contribution < 1.29 is 19.1 Å². The monoisotopic (exact) mass is 343 g/mol. The Labute approximate surface area is 146 Å². The average molecular weight is 343 g/mol. The largest absolute Gasteiger partial charge is 0.462 e. The molecule has 25 heavy (non-hydrogen) atoms. The molecular weight excluding hydrogens is 322 g/mol. The van der Waals surface area contributed by atoms with Crippen molar-refractivity contribution in [1.29, 1.82) is 0 Å². The molecule has 7 nitrogen and oxygen atoms in total. The van der Waals surface area contributed by atoms with Gasteiger partial charge in [-0.05, 0) is 31.2 Å². The van der Waals surface area contributed by atoms with Gasteiger partial charge in [0.05, 0.1) is 24.5 Å². The molecule has 0 unspecified atom stereocenters. The number of ether oxygens (including phenoxy) is 2. The zero-order valence-corrected chi connectivity index (χ0v) is 14.2. The van der Waals surface area contributed by atoms with Crippen LogP contribution in [0, 0.1) is 0 Å². The lowest BCUT2D eigenvalue weighted by molar-refractivity contribution is 0.0527. The first kappa shape index (κ1) is 18.4. The molecule has 0 saturated carbocycles. The van der Waals surface area contributed by atoms with Crippen molar-refractivity contribution in [2.75, 3.05) is 37.5 Å². The van der Waals surface area contributed by atoms with Crippen LogP contribution in [0.4, 0.5) is 11.5 Å². The molecule has 2 rings (SSSR count). The summed E-state index contributed by atoms with van der Waals surface area (Å²) in [6.07, 6.45) is 1.54. The molecule has 132 valence electrons. The number of hydrogen-bond acceptors (Lipinski definition) is 6. The molecule has 7 heteroatoms. The summed E-state index contributed by atoms with van der Waals surface area (Å²) in [7, 11) is 1.61. The number of para-hydroxylation sites is 1. The van der Waals surface area contributed by atoms with Crippen molar-refractivity contribution in [3.63, 3.8) is 0 Å². The van der Waals surface area contributed by atoms with E-state index in [-0.39, 0.29) is 12.5 Å². The third-order valence-corrected chi connectivity index (χ3v) is 3.31. The zero-order chi connectivity index (χ0) is 18.1. The summed E-state index contributed by atoms with van der Waals surface area (Å²) in [4.78, 5) is 28.6. The molecule has 0 saturated heterocycles. The lowest BCUT2D eigenvalue weighted by Crippen LogP contribution is -2.16. The summed E-state index contributed by atoms with van der Waals surface area (Å²) in [5, 5.41) is 5.80. The van der Waals surface area contributed by atoms with Gasteiger partial charge in [-0.25, -0.2) is 9.78 Å². The Hall–Kier alpha value is -2.93. The first-order valence-electron chi connectivity index (χ1n) is 7.92. The molecular formula is C18H21N3O4. The number of hydrogen-bond donors (Lipinski definition) is 2. The van der Waals surface area contributed by atoms with Crippen LogP contribution < -0.4 is 10.6 Å². The standard InChI is InChI=1S/C18H21N3O4/c1-3-25-18(23)14-6-4-5-7-15(14)21-17(22)13-8-9-19-16(12-13)20-10-11-24-2/h4-9,12H,3,10-11H2,1-2H3,(H,19,20)(H,21,22). The Morgan fingerprint density at radius 1 is 1.20 bits per heavy atom. The Kier molecular flexibility index (Phi) is 6.91. The molecule has 1 amide bonds. The van der Waals surface area contributed by atoms with E-state index in [1.807, 2.05) is 0 Å². The minimum Gasteiger partial charge on any atom is -0.462 e. The molecule has 1 aromatic carbocycles. The molecule has 0 aliphatic rings. The van der Waals surface area contributed by atoms with Crippen molar-refractivity contribution in [3.05, 3.63) is 53.7 Å². The Balaban J connectivity index is 2.12. The number of rotatable bonds is 8. The van der Waals surface area contributed by atoms with Crippen LogP contribution in [0.1, 0.15) is 27.6 Å². The lowest BCUT2D eigenvalue weighted by atomic mass is 10.1. The fraction of sp³-hybridized carbons (Fsp3) is 0.278. The second-order valence-corrected chi connectivity index (χ2v) is 5.07. The smallest absolute Gasteiger partial charge is 0.340 e. The highest BCUT2D eigenvalue weighted by Gasteiger charge is 2.15. The third kappa shape index (κ3) is 5.29. The number of aromatic nitrogens is 1. The van der Waals surface area contributed by atoms with Crippen molar-refractivity contribution in [1.82, 2.24) is 4.98 Å². The van der Waals surface area contributed by atoms with Crippen LogP contribution >= 0.6 is 0 Å². The van der Waals surface area contributed by atoms with Gasteiger partial charge in [0.1, 0.15) is 5.82 Å². The van der Waals surface area contributed by atoms with E-state index in [1.54, 1.807) is 56.6 Å². The van der Waals surface area contributed by atoms with Crippen LogP contribution in [0.15, 0.2) is 42.6 Å². The van der Waals surface area contributed by atoms with Gasteiger partial charge in [0, 0.05) is 25.4 Å². The molecule has 1 heterocycles. The Morgan fingerprint density at radius 2 is 2.00 bits per heavy atom. The molecule has 0 aliphatic heterocycles. The van der Waals surface area contributed by atoms with Crippen molar-refractivity contribution >= 4 is 23.4 Å². The van der Waals surface area contributed by atoms with Gasteiger partial charge in [0.2, 0.25) is 0 Å².